The lowest BCUT2D eigenvalue weighted by molar-refractivity contribution is -0.890. The fraction of sp³-hybridized carbons (Fsp3) is 0.533. The van der Waals surface area contributed by atoms with Crippen LogP contribution in [0.2, 0.25) is 0 Å². The predicted octanol–water partition coefficient (Wildman–Crippen LogP) is 1.30. The van der Waals surface area contributed by atoms with Crippen LogP contribution in [0.15, 0.2) is 24.4 Å². The number of aromatic nitrogens is 2. The third-order valence-electron chi connectivity index (χ3n) is 4.19. The highest BCUT2D eigenvalue weighted by molar-refractivity contribution is 5.84. The zero-order valence-electron chi connectivity index (χ0n) is 12.9. The second-order valence-corrected chi connectivity index (χ2v) is 6.47. The van der Waals surface area contributed by atoms with E-state index in [0.29, 0.717) is 0 Å². The van der Waals surface area contributed by atoms with Gasteiger partial charge in [0.1, 0.15) is 5.69 Å². The van der Waals surface area contributed by atoms with Crippen LogP contribution in [-0.4, -0.2) is 68.5 Å². The van der Waals surface area contributed by atoms with Gasteiger partial charge in [0.15, 0.2) is 5.82 Å². The van der Waals surface area contributed by atoms with E-state index >= 15 is 0 Å². The fourth-order valence-electron chi connectivity index (χ4n) is 2.83. The van der Waals surface area contributed by atoms with E-state index in [9.17, 15) is 0 Å². The summed E-state index contributed by atoms with van der Waals surface area (Å²) in [6.45, 7) is 4.47. The van der Waals surface area contributed by atoms with E-state index in [-0.39, 0.29) is 0 Å². The van der Waals surface area contributed by atoms with Gasteiger partial charge in [0.2, 0.25) is 0 Å². The topological polar surface area (TPSA) is 23.8 Å². The van der Waals surface area contributed by atoms with E-state index in [4.69, 9.17) is 5.10 Å². The molecule has 2 aromatic rings. The first-order valence-corrected chi connectivity index (χ1v) is 7.20. The van der Waals surface area contributed by atoms with Crippen molar-refractivity contribution in [3.05, 3.63) is 24.4 Å². The number of quaternary nitrogens is 1. The molecule has 3 heterocycles. The zero-order valence-corrected chi connectivity index (χ0v) is 12.9. The number of pyridine rings is 1. The van der Waals surface area contributed by atoms with E-state index in [1.54, 1.807) is 0 Å². The molecule has 1 saturated heterocycles. The summed E-state index contributed by atoms with van der Waals surface area (Å²) in [6.07, 6.45) is 2.02. The number of fused-ring (bicyclic) bond motifs is 1. The molecule has 0 saturated carbocycles. The maximum Gasteiger partial charge on any atom is 0.175 e. The minimum atomic E-state index is 1.07. The molecule has 0 amide bonds. The molecule has 1 aliphatic rings. The van der Waals surface area contributed by atoms with Gasteiger partial charge in [-0.3, -0.25) is 0 Å². The van der Waals surface area contributed by atoms with E-state index in [2.05, 4.69) is 50.1 Å². The first-order valence-electron chi connectivity index (χ1n) is 7.20. The summed E-state index contributed by atoms with van der Waals surface area (Å²) in [5.74, 6) is 1.11. The highest BCUT2D eigenvalue weighted by atomic mass is 15.4. The largest absolute Gasteiger partial charge is 0.373 e. The Hall–Kier alpha value is -1.75. The minimum absolute atomic E-state index is 1.07. The van der Waals surface area contributed by atoms with Crippen molar-refractivity contribution in [3.8, 4) is 0 Å². The van der Waals surface area contributed by atoms with Crippen LogP contribution >= 0.6 is 0 Å². The SMILES string of the molecule is CN(C)c1c(N2CC[N+](C)(C)CC2)nn2ccccc12. The second-order valence-electron chi connectivity index (χ2n) is 6.47. The Kier molecular flexibility index (Phi) is 3.09. The van der Waals surface area contributed by atoms with E-state index < -0.39 is 0 Å². The Morgan fingerprint density at radius 3 is 2.50 bits per heavy atom. The van der Waals surface area contributed by atoms with E-state index in [1.807, 2.05) is 16.8 Å². The van der Waals surface area contributed by atoms with Crippen LogP contribution < -0.4 is 9.80 Å². The molecule has 2 aromatic heterocycles. The van der Waals surface area contributed by atoms with Gasteiger partial charge in [0.25, 0.3) is 0 Å². The molecule has 0 aliphatic carbocycles. The van der Waals surface area contributed by atoms with Gasteiger partial charge in [0, 0.05) is 20.3 Å². The predicted molar refractivity (Wildman–Crippen MR) is 83.6 cm³/mol. The lowest BCUT2D eigenvalue weighted by Gasteiger charge is -2.39. The van der Waals surface area contributed by atoms with Crippen LogP contribution in [0.25, 0.3) is 5.52 Å². The lowest BCUT2D eigenvalue weighted by Crippen LogP contribution is -2.55. The number of rotatable bonds is 2. The van der Waals surface area contributed by atoms with Crippen molar-refractivity contribution in [2.75, 3.05) is 64.2 Å². The van der Waals surface area contributed by atoms with Crippen LogP contribution in [0.3, 0.4) is 0 Å². The third-order valence-corrected chi connectivity index (χ3v) is 4.19. The van der Waals surface area contributed by atoms with Gasteiger partial charge in [-0.2, -0.15) is 0 Å². The quantitative estimate of drug-likeness (QED) is 0.771. The second kappa shape index (κ2) is 4.66. The number of nitrogens with zero attached hydrogens (tertiary/aromatic N) is 5. The molecule has 5 heteroatoms. The van der Waals surface area contributed by atoms with Crippen molar-refractivity contribution in [2.24, 2.45) is 0 Å². The highest BCUT2D eigenvalue weighted by Crippen LogP contribution is 2.32. The van der Waals surface area contributed by atoms with Gasteiger partial charge in [0.05, 0.1) is 45.8 Å². The summed E-state index contributed by atoms with van der Waals surface area (Å²) in [5.41, 5.74) is 2.39. The maximum atomic E-state index is 4.80. The zero-order chi connectivity index (χ0) is 14.3. The van der Waals surface area contributed by atoms with Gasteiger partial charge in [-0.15, -0.1) is 5.10 Å². The van der Waals surface area contributed by atoms with Crippen LogP contribution in [0.4, 0.5) is 11.5 Å². The Labute approximate surface area is 120 Å². The van der Waals surface area contributed by atoms with Gasteiger partial charge in [-0.25, -0.2) is 4.52 Å². The number of anilines is 2. The van der Waals surface area contributed by atoms with Crippen molar-refractivity contribution in [3.63, 3.8) is 0 Å². The van der Waals surface area contributed by atoms with Crippen molar-refractivity contribution in [1.82, 2.24) is 9.61 Å². The first-order chi connectivity index (χ1) is 9.48. The molecule has 0 bridgehead atoms. The molecular weight excluding hydrogens is 250 g/mol. The van der Waals surface area contributed by atoms with Crippen molar-refractivity contribution in [2.45, 2.75) is 0 Å². The molecule has 0 unspecified atom stereocenters. The molecule has 1 aliphatic heterocycles. The van der Waals surface area contributed by atoms with Crippen LogP contribution in [0.1, 0.15) is 0 Å². The molecule has 1 fully saturated rings. The van der Waals surface area contributed by atoms with Crippen LogP contribution in [0.5, 0.6) is 0 Å². The fourth-order valence-corrected chi connectivity index (χ4v) is 2.83. The molecule has 0 aromatic carbocycles. The van der Waals surface area contributed by atoms with Gasteiger partial charge >= 0.3 is 0 Å². The molecule has 0 radical (unpaired) electrons. The summed E-state index contributed by atoms with van der Waals surface area (Å²) in [5, 5.41) is 4.80. The number of hydrogen-bond donors (Lipinski definition) is 0. The van der Waals surface area contributed by atoms with Crippen molar-refractivity contribution < 1.29 is 4.48 Å². The van der Waals surface area contributed by atoms with E-state index in [1.165, 1.54) is 24.3 Å². The molecule has 108 valence electrons. The molecular formula is C15H24N5+. The number of piperazine rings is 1. The third kappa shape index (κ3) is 2.22. The molecule has 0 spiro atoms. The van der Waals surface area contributed by atoms with Crippen molar-refractivity contribution in [1.29, 1.82) is 0 Å². The van der Waals surface area contributed by atoms with Gasteiger partial charge in [-0.05, 0) is 12.1 Å². The molecule has 5 nitrogen and oxygen atoms in total. The summed E-state index contributed by atoms with van der Waals surface area (Å²) >= 11 is 0. The molecule has 0 atom stereocenters. The summed E-state index contributed by atoms with van der Waals surface area (Å²) in [6, 6.07) is 6.24. The number of hydrogen-bond acceptors (Lipinski definition) is 3. The summed E-state index contributed by atoms with van der Waals surface area (Å²) in [7, 11) is 8.79. The Bertz CT molecular complexity index is 604. The standard InChI is InChI=1S/C15H24N5/c1-17(2)14-13-7-5-6-8-19(13)16-15(14)18-9-11-20(3,4)12-10-18/h5-8H,9-12H2,1-4H3/q+1. The minimum Gasteiger partial charge on any atom is -0.373 e. The van der Waals surface area contributed by atoms with Gasteiger partial charge < -0.3 is 14.3 Å². The lowest BCUT2D eigenvalue weighted by atomic mass is 10.2. The smallest absolute Gasteiger partial charge is 0.175 e. The molecule has 20 heavy (non-hydrogen) atoms. The Morgan fingerprint density at radius 1 is 1.15 bits per heavy atom. The van der Waals surface area contributed by atoms with Crippen molar-refractivity contribution >= 4 is 17.0 Å². The van der Waals surface area contributed by atoms with Crippen LogP contribution in [-0.2, 0) is 0 Å². The maximum absolute atomic E-state index is 4.80. The molecule has 0 N–H and O–H groups in total. The Balaban J connectivity index is 2.01. The van der Waals surface area contributed by atoms with Gasteiger partial charge in [-0.1, -0.05) is 6.07 Å². The van der Waals surface area contributed by atoms with E-state index in [0.717, 1.165) is 23.4 Å². The Morgan fingerprint density at radius 2 is 1.85 bits per heavy atom. The monoisotopic (exact) mass is 274 g/mol. The molecule has 3 rings (SSSR count). The summed E-state index contributed by atoms with van der Waals surface area (Å²) in [4.78, 5) is 4.60. The normalized spacial score (nSPS) is 18.5. The number of likely N-dealkylation sites (N-methyl/N-ethyl adjacent to an activating group) is 1. The van der Waals surface area contributed by atoms with Crippen LogP contribution in [0, 0.1) is 0 Å². The average molecular weight is 274 g/mol. The first kappa shape index (κ1) is 13.2. The average Bonchev–Trinajstić information content (AvgIpc) is 2.77. The highest BCUT2D eigenvalue weighted by Gasteiger charge is 2.28. The summed E-state index contributed by atoms with van der Waals surface area (Å²) < 4.78 is 3.08.